The van der Waals surface area contributed by atoms with Gasteiger partial charge < -0.3 is 15.0 Å². The van der Waals surface area contributed by atoms with Crippen molar-refractivity contribution >= 4 is 5.91 Å². The number of carbonyl (C=O) groups is 1. The van der Waals surface area contributed by atoms with Crippen molar-refractivity contribution in [1.82, 2.24) is 10.2 Å². The number of likely N-dealkylation sites (N-methyl/N-ethyl adjacent to an activating group) is 1. The van der Waals surface area contributed by atoms with Crippen molar-refractivity contribution in [3.63, 3.8) is 0 Å². The lowest BCUT2D eigenvalue weighted by molar-refractivity contribution is -0.133. The average Bonchev–Trinajstić information content (AvgIpc) is 3.32. The SMILES string of the molecule is CCCNCc1ccccc1OCC(=O)N(CC)C1CC1. The highest BCUT2D eigenvalue weighted by atomic mass is 16.5. The zero-order chi connectivity index (χ0) is 15.1. The van der Waals surface area contributed by atoms with Gasteiger partial charge in [-0.25, -0.2) is 0 Å². The number of para-hydroxylation sites is 1. The molecule has 0 unspecified atom stereocenters. The molecule has 0 aromatic heterocycles. The molecule has 21 heavy (non-hydrogen) atoms. The molecule has 0 radical (unpaired) electrons. The predicted octanol–water partition coefficient (Wildman–Crippen LogP) is 2.58. The van der Waals surface area contributed by atoms with Gasteiger partial charge in [0, 0.05) is 24.7 Å². The fourth-order valence-corrected chi connectivity index (χ4v) is 2.44. The van der Waals surface area contributed by atoms with Gasteiger partial charge in [0.1, 0.15) is 5.75 Å². The normalized spacial score (nSPS) is 14.0. The van der Waals surface area contributed by atoms with E-state index in [1.54, 1.807) is 0 Å². The van der Waals surface area contributed by atoms with Gasteiger partial charge in [0.15, 0.2) is 6.61 Å². The Morgan fingerprint density at radius 3 is 2.76 bits per heavy atom. The van der Waals surface area contributed by atoms with Crippen LogP contribution in [0.1, 0.15) is 38.7 Å². The first-order chi connectivity index (χ1) is 10.3. The van der Waals surface area contributed by atoms with Crippen molar-refractivity contribution in [3.05, 3.63) is 29.8 Å². The van der Waals surface area contributed by atoms with Crippen LogP contribution in [0.15, 0.2) is 24.3 Å². The van der Waals surface area contributed by atoms with Crippen molar-refractivity contribution in [2.75, 3.05) is 19.7 Å². The molecule has 1 aromatic rings. The number of carbonyl (C=O) groups excluding carboxylic acids is 1. The van der Waals surface area contributed by atoms with Crippen LogP contribution in [0.4, 0.5) is 0 Å². The van der Waals surface area contributed by atoms with Crippen LogP contribution in [0.2, 0.25) is 0 Å². The van der Waals surface area contributed by atoms with E-state index in [2.05, 4.69) is 12.2 Å². The van der Waals surface area contributed by atoms with Gasteiger partial charge in [-0.05, 0) is 38.8 Å². The van der Waals surface area contributed by atoms with Gasteiger partial charge in [0.2, 0.25) is 0 Å². The third kappa shape index (κ3) is 4.74. The molecule has 1 aromatic carbocycles. The van der Waals surface area contributed by atoms with E-state index in [9.17, 15) is 4.79 Å². The van der Waals surface area contributed by atoms with Crippen LogP contribution < -0.4 is 10.1 Å². The van der Waals surface area contributed by atoms with E-state index in [0.29, 0.717) is 6.04 Å². The quantitative estimate of drug-likeness (QED) is 0.711. The Labute approximate surface area is 127 Å². The largest absolute Gasteiger partial charge is 0.483 e. The lowest BCUT2D eigenvalue weighted by atomic mass is 10.2. The lowest BCUT2D eigenvalue weighted by Gasteiger charge is -2.21. The minimum absolute atomic E-state index is 0.0938. The molecule has 1 fully saturated rings. The fourth-order valence-electron chi connectivity index (χ4n) is 2.44. The molecule has 116 valence electrons. The highest BCUT2D eigenvalue weighted by Crippen LogP contribution is 2.26. The van der Waals surface area contributed by atoms with E-state index in [4.69, 9.17) is 4.74 Å². The summed E-state index contributed by atoms with van der Waals surface area (Å²) in [5.41, 5.74) is 1.10. The van der Waals surface area contributed by atoms with E-state index in [1.807, 2.05) is 36.1 Å². The third-order valence-corrected chi connectivity index (χ3v) is 3.71. The molecule has 2 rings (SSSR count). The molecule has 4 heteroatoms. The van der Waals surface area contributed by atoms with E-state index in [-0.39, 0.29) is 12.5 Å². The molecular formula is C17H26N2O2. The lowest BCUT2D eigenvalue weighted by Crippen LogP contribution is -2.36. The number of amides is 1. The van der Waals surface area contributed by atoms with Crippen molar-refractivity contribution in [2.24, 2.45) is 0 Å². The summed E-state index contributed by atoms with van der Waals surface area (Å²) in [6.07, 6.45) is 3.38. The zero-order valence-electron chi connectivity index (χ0n) is 13.1. The van der Waals surface area contributed by atoms with Crippen LogP contribution >= 0.6 is 0 Å². The molecule has 1 N–H and O–H groups in total. The number of hydrogen-bond donors (Lipinski definition) is 1. The van der Waals surface area contributed by atoms with Crippen LogP contribution in [-0.4, -0.2) is 36.5 Å². The Kier molecular flexibility index (Phi) is 6.05. The monoisotopic (exact) mass is 290 g/mol. The summed E-state index contributed by atoms with van der Waals surface area (Å²) in [6, 6.07) is 8.37. The van der Waals surface area contributed by atoms with Gasteiger partial charge >= 0.3 is 0 Å². The van der Waals surface area contributed by atoms with Gasteiger partial charge in [0.25, 0.3) is 5.91 Å². The summed E-state index contributed by atoms with van der Waals surface area (Å²) in [5.74, 6) is 0.901. The second-order valence-electron chi connectivity index (χ2n) is 5.48. The third-order valence-electron chi connectivity index (χ3n) is 3.71. The molecule has 0 heterocycles. The number of rotatable bonds is 9. The van der Waals surface area contributed by atoms with Crippen molar-refractivity contribution in [3.8, 4) is 5.75 Å². The van der Waals surface area contributed by atoms with Crippen molar-refractivity contribution < 1.29 is 9.53 Å². The summed E-state index contributed by atoms with van der Waals surface area (Å²) in [5, 5.41) is 3.37. The summed E-state index contributed by atoms with van der Waals surface area (Å²) in [6.45, 7) is 6.84. The number of nitrogens with one attached hydrogen (secondary N) is 1. The molecule has 1 saturated carbocycles. The molecule has 0 aliphatic heterocycles. The van der Waals surface area contributed by atoms with E-state index < -0.39 is 0 Å². The van der Waals surface area contributed by atoms with Gasteiger partial charge in [-0.2, -0.15) is 0 Å². The summed E-state index contributed by atoms with van der Waals surface area (Å²) in [7, 11) is 0. The fraction of sp³-hybridized carbons (Fsp3) is 0.588. The Morgan fingerprint density at radius 1 is 1.33 bits per heavy atom. The average molecular weight is 290 g/mol. The van der Waals surface area contributed by atoms with Crippen LogP contribution in [0, 0.1) is 0 Å². The molecule has 4 nitrogen and oxygen atoms in total. The van der Waals surface area contributed by atoms with Gasteiger partial charge in [-0.3, -0.25) is 4.79 Å². The van der Waals surface area contributed by atoms with Crippen LogP contribution in [0.5, 0.6) is 5.75 Å². The summed E-state index contributed by atoms with van der Waals surface area (Å²) < 4.78 is 5.76. The minimum atomic E-state index is 0.0938. The van der Waals surface area contributed by atoms with Crippen LogP contribution in [0.25, 0.3) is 0 Å². The standard InChI is InChI=1S/C17H26N2O2/c1-3-11-18-12-14-7-5-6-8-16(14)21-13-17(20)19(4-2)15-9-10-15/h5-8,15,18H,3-4,9-13H2,1-2H3. The first-order valence-electron chi connectivity index (χ1n) is 7.97. The maximum absolute atomic E-state index is 12.2. The maximum atomic E-state index is 12.2. The molecule has 0 bridgehead atoms. The molecule has 0 saturated heterocycles. The van der Waals surface area contributed by atoms with Gasteiger partial charge in [-0.15, -0.1) is 0 Å². The number of benzene rings is 1. The van der Waals surface area contributed by atoms with Gasteiger partial charge in [0.05, 0.1) is 0 Å². The van der Waals surface area contributed by atoms with Crippen LogP contribution in [0.3, 0.4) is 0 Å². The Bertz CT molecular complexity index is 458. The topological polar surface area (TPSA) is 41.6 Å². The summed E-state index contributed by atoms with van der Waals surface area (Å²) >= 11 is 0. The smallest absolute Gasteiger partial charge is 0.260 e. The van der Waals surface area contributed by atoms with Crippen molar-refractivity contribution in [1.29, 1.82) is 0 Å². The number of hydrogen-bond acceptors (Lipinski definition) is 3. The highest BCUT2D eigenvalue weighted by molar-refractivity contribution is 5.78. The zero-order valence-corrected chi connectivity index (χ0v) is 13.1. The number of nitrogens with zero attached hydrogens (tertiary/aromatic N) is 1. The molecule has 0 atom stereocenters. The second kappa shape index (κ2) is 8.03. The Morgan fingerprint density at radius 2 is 2.10 bits per heavy atom. The molecular weight excluding hydrogens is 264 g/mol. The summed E-state index contributed by atoms with van der Waals surface area (Å²) in [4.78, 5) is 14.1. The number of ether oxygens (including phenoxy) is 1. The van der Waals surface area contributed by atoms with E-state index in [1.165, 1.54) is 0 Å². The molecule has 1 aliphatic carbocycles. The van der Waals surface area contributed by atoms with Gasteiger partial charge in [-0.1, -0.05) is 25.1 Å². The van der Waals surface area contributed by atoms with E-state index >= 15 is 0 Å². The molecule has 1 aliphatic rings. The molecule has 0 spiro atoms. The Balaban J connectivity index is 1.88. The van der Waals surface area contributed by atoms with E-state index in [0.717, 1.165) is 50.2 Å². The van der Waals surface area contributed by atoms with Crippen molar-refractivity contribution in [2.45, 2.75) is 45.7 Å². The maximum Gasteiger partial charge on any atom is 0.260 e. The highest BCUT2D eigenvalue weighted by Gasteiger charge is 2.31. The first-order valence-corrected chi connectivity index (χ1v) is 7.97. The second-order valence-corrected chi connectivity index (χ2v) is 5.48. The molecule has 1 amide bonds. The first kappa shape index (κ1) is 15.8. The van der Waals surface area contributed by atoms with Crippen LogP contribution in [-0.2, 0) is 11.3 Å². The Hall–Kier alpha value is -1.55. The predicted molar refractivity (Wildman–Crippen MR) is 84.3 cm³/mol. The minimum Gasteiger partial charge on any atom is -0.483 e.